The third kappa shape index (κ3) is 2.41. The van der Waals surface area contributed by atoms with E-state index in [0.717, 1.165) is 5.46 Å². The maximum absolute atomic E-state index is 12.1. The van der Waals surface area contributed by atoms with Crippen LogP contribution in [-0.2, 0) is 14.0 Å². The van der Waals surface area contributed by atoms with E-state index in [0.29, 0.717) is 0 Å². The van der Waals surface area contributed by atoms with Crippen LogP contribution in [0.2, 0.25) is 0 Å². The number of hydrogen-bond acceptors (Lipinski definition) is 8. The number of ether oxygens (including phenoxy) is 1. The monoisotopic (exact) mass is 383 g/mol. The Morgan fingerprint density at radius 1 is 1.39 bits per heavy atom. The van der Waals surface area contributed by atoms with Gasteiger partial charge in [-0.25, -0.2) is 4.98 Å². The molecule has 3 aromatic rings. The molecule has 2 saturated heterocycles. The average molecular weight is 383 g/mol. The molecule has 0 amide bonds. The van der Waals surface area contributed by atoms with Gasteiger partial charge in [0.25, 0.3) is 5.56 Å². The number of nitrogens with one attached hydrogen (secondary N) is 1. The van der Waals surface area contributed by atoms with Crippen LogP contribution in [0.4, 0.5) is 5.95 Å². The Kier molecular flexibility index (Phi) is 3.81. The number of anilines is 1. The first-order valence-electron chi connectivity index (χ1n) is 8.88. The average Bonchev–Trinajstić information content (AvgIpc) is 3.32. The number of H-pyrrole nitrogens is 1. The van der Waals surface area contributed by atoms with Crippen LogP contribution in [0, 0.1) is 0 Å². The normalized spacial score (nSPS) is 29.5. The van der Waals surface area contributed by atoms with Gasteiger partial charge in [-0.05, 0) is 12.4 Å². The van der Waals surface area contributed by atoms with Gasteiger partial charge in [-0.3, -0.25) is 14.3 Å². The number of nitrogens with zero attached hydrogens (tertiary/aromatic N) is 3. The second-order valence-electron chi connectivity index (χ2n) is 7.09. The van der Waals surface area contributed by atoms with Crippen molar-refractivity contribution in [2.24, 2.45) is 0 Å². The Labute approximate surface area is 159 Å². The molecule has 0 saturated carbocycles. The molecule has 2 aliphatic heterocycles. The van der Waals surface area contributed by atoms with Crippen molar-refractivity contribution in [1.82, 2.24) is 19.5 Å². The van der Waals surface area contributed by atoms with Crippen LogP contribution in [0.15, 0.2) is 41.5 Å². The lowest BCUT2D eigenvalue weighted by Crippen LogP contribution is -2.42. The summed E-state index contributed by atoms with van der Waals surface area (Å²) >= 11 is 0. The van der Waals surface area contributed by atoms with Crippen LogP contribution >= 0.6 is 0 Å². The first-order valence-corrected chi connectivity index (χ1v) is 8.88. The zero-order chi connectivity index (χ0) is 19.5. The molecule has 28 heavy (non-hydrogen) atoms. The number of nitrogens with two attached hydrogens (primary N) is 1. The summed E-state index contributed by atoms with van der Waals surface area (Å²) in [5.74, 6) is -0.0246. The Hall–Kier alpha value is -2.73. The Balaban J connectivity index is 1.59. The number of rotatable bonds is 3. The van der Waals surface area contributed by atoms with E-state index in [4.69, 9.17) is 19.8 Å². The Morgan fingerprint density at radius 2 is 2.18 bits per heavy atom. The van der Waals surface area contributed by atoms with Gasteiger partial charge in [0.2, 0.25) is 5.95 Å². The maximum atomic E-state index is 12.1. The number of benzene rings is 1. The Bertz CT molecular complexity index is 1090. The van der Waals surface area contributed by atoms with Gasteiger partial charge in [-0.15, -0.1) is 0 Å². The smallest absolute Gasteiger partial charge is 0.398 e. The highest BCUT2D eigenvalue weighted by Crippen LogP contribution is 2.47. The van der Waals surface area contributed by atoms with Crippen LogP contribution in [0.5, 0.6) is 0 Å². The predicted octanol–water partition coefficient (Wildman–Crippen LogP) is -0.839. The van der Waals surface area contributed by atoms with E-state index in [2.05, 4.69) is 15.0 Å². The lowest BCUT2D eigenvalue weighted by Gasteiger charge is -2.29. The molecule has 2 unspecified atom stereocenters. The highest BCUT2D eigenvalue weighted by atomic mass is 16.7. The zero-order valence-electron chi connectivity index (χ0n) is 15.0. The van der Waals surface area contributed by atoms with Crippen molar-refractivity contribution in [2.75, 3.05) is 12.3 Å². The SMILES string of the molecule is C[C@@]12OB(c3ccccc3)O[C@@H]1C(CO)OC2n1cnc2c(=O)[nH]c(N)nc21. The van der Waals surface area contributed by atoms with Gasteiger partial charge in [0.05, 0.1) is 12.9 Å². The van der Waals surface area contributed by atoms with Crippen LogP contribution in [-0.4, -0.2) is 56.2 Å². The summed E-state index contributed by atoms with van der Waals surface area (Å²) in [5.41, 5.74) is 5.60. The quantitative estimate of drug-likeness (QED) is 0.498. The number of fused-ring (bicyclic) bond motifs is 2. The molecule has 4 heterocycles. The van der Waals surface area contributed by atoms with Crippen molar-refractivity contribution >= 4 is 29.7 Å². The van der Waals surface area contributed by atoms with E-state index >= 15 is 0 Å². The molecule has 0 radical (unpaired) electrons. The molecule has 4 N–H and O–H groups in total. The first-order chi connectivity index (χ1) is 13.5. The van der Waals surface area contributed by atoms with Crippen LogP contribution in [0.25, 0.3) is 11.2 Å². The van der Waals surface area contributed by atoms with Crippen molar-refractivity contribution in [3.05, 3.63) is 47.0 Å². The second kappa shape index (κ2) is 6.14. The second-order valence-corrected chi connectivity index (χ2v) is 7.09. The molecular weight excluding hydrogens is 365 g/mol. The van der Waals surface area contributed by atoms with E-state index in [1.807, 2.05) is 37.3 Å². The summed E-state index contributed by atoms with van der Waals surface area (Å²) in [7, 11) is -0.604. The fourth-order valence-electron chi connectivity index (χ4n) is 3.97. The zero-order valence-corrected chi connectivity index (χ0v) is 15.0. The summed E-state index contributed by atoms with van der Waals surface area (Å²) in [6, 6.07) is 9.53. The largest absolute Gasteiger partial charge is 0.494 e. The fourth-order valence-corrected chi connectivity index (χ4v) is 3.97. The lowest BCUT2D eigenvalue weighted by atomic mass is 9.79. The van der Waals surface area contributed by atoms with Crippen molar-refractivity contribution in [1.29, 1.82) is 0 Å². The highest BCUT2D eigenvalue weighted by Gasteiger charge is 2.63. The number of aliphatic hydroxyl groups excluding tert-OH is 1. The van der Waals surface area contributed by atoms with Gasteiger partial charge < -0.3 is 24.9 Å². The van der Waals surface area contributed by atoms with Crippen molar-refractivity contribution in [2.45, 2.75) is 31.0 Å². The minimum atomic E-state index is -0.944. The number of nitrogen functional groups attached to an aromatic ring is 1. The molecule has 5 rings (SSSR count). The number of aliphatic hydroxyl groups is 1. The van der Waals surface area contributed by atoms with E-state index in [-0.39, 0.29) is 23.7 Å². The molecular formula is C17H18BN5O5. The van der Waals surface area contributed by atoms with Crippen LogP contribution in [0.3, 0.4) is 0 Å². The minimum Gasteiger partial charge on any atom is -0.398 e. The van der Waals surface area contributed by atoms with Crippen LogP contribution in [0.1, 0.15) is 13.2 Å². The number of imidazole rings is 1. The molecule has 144 valence electrons. The van der Waals surface area contributed by atoms with E-state index in [9.17, 15) is 9.90 Å². The molecule has 11 heteroatoms. The molecule has 2 aliphatic rings. The third-order valence-corrected chi connectivity index (χ3v) is 5.28. The molecule has 2 fully saturated rings. The molecule has 0 spiro atoms. The first kappa shape index (κ1) is 17.4. The number of aromatic amines is 1. The van der Waals surface area contributed by atoms with Crippen molar-refractivity contribution in [3.8, 4) is 0 Å². The molecule has 0 aliphatic carbocycles. The summed E-state index contributed by atoms with van der Waals surface area (Å²) in [6.07, 6.45) is -0.398. The number of hydrogen-bond donors (Lipinski definition) is 3. The molecule has 4 atom stereocenters. The van der Waals surface area contributed by atoms with Crippen LogP contribution < -0.4 is 16.8 Å². The van der Waals surface area contributed by atoms with Gasteiger partial charge in [-0.1, -0.05) is 30.3 Å². The van der Waals surface area contributed by atoms with E-state index in [1.165, 1.54) is 6.33 Å². The fraction of sp³-hybridized carbons (Fsp3) is 0.353. The molecule has 0 bridgehead atoms. The minimum absolute atomic E-state index is 0.0246. The molecule has 2 aromatic heterocycles. The summed E-state index contributed by atoms with van der Waals surface area (Å²) in [4.78, 5) is 22.9. The molecule has 10 nitrogen and oxygen atoms in total. The third-order valence-electron chi connectivity index (χ3n) is 5.28. The van der Waals surface area contributed by atoms with Gasteiger partial charge in [0.15, 0.2) is 17.4 Å². The number of aromatic nitrogens is 4. The molecule has 1 aromatic carbocycles. The lowest BCUT2D eigenvalue weighted by molar-refractivity contribution is -0.0768. The predicted molar refractivity (Wildman–Crippen MR) is 99.7 cm³/mol. The van der Waals surface area contributed by atoms with Crippen molar-refractivity contribution in [3.63, 3.8) is 0 Å². The van der Waals surface area contributed by atoms with E-state index < -0.39 is 36.7 Å². The van der Waals surface area contributed by atoms with Gasteiger partial charge in [0, 0.05) is 0 Å². The van der Waals surface area contributed by atoms with E-state index in [1.54, 1.807) is 4.57 Å². The van der Waals surface area contributed by atoms with Crippen molar-refractivity contribution < 1.29 is 19.2 Å². The maximum Gasteiger partial charge on any atom is 0.494 e. The van der Waals surface area contributed by atoms with Gasteiger partial charge in [-0.2, -0.15) is 4.98 Å². The topological polar surface area (TPSA) is 138 Å². The summed E-state index contributed by atoms with van der Waals surface area (Å²) in [5, 5.41) is 9.83. The Morgan fingerprint density at radius 3 is 2.93 bits per heavy atom. The van der Waals surface area contributed by atoms with Gasteiger partial charge in [0.1, 0.15) is 17.8 Å². The summed E-state index contributed by atoms with van der Waals surface area (Å²) < 4.78 is 20.0. The van der Waals surface area contributed by atoms with Gasteiger partial charge >= 0.3 is 7.12 Å². The standard InChI is InChI=1S/C17H18BN5O5/c1-17-12(27-18(28-17)9-5-3-2-4-6-9)10(7-24)26-15(17)23-8-20-11-13(23)21-16(19)22-14(11)25/h2-6,8,10,12,15,24H,7H2,1H3,(H3,19,21,22,25)/t10?,12-,15?,17-/m1/s1. The summed E-state index contributed by atoms with van der Waals surface area (Å²) in [6.45, 7) is 1.60. The highest BCUT2D eigenvalue weighted by molar-refractivity contribution is 6.62.